The molecule has 1 amide bonds. The summed E-state index contributed by atoms with van der Waals surface area (Å²) in [7, 11) is 1.24. The lowest BCUT2D eigenvalue weighted by molar-refractivity contribution is -0.159. The van der Waals surface area contributed by atoms with Gasteiger partial charge in [-0.3, -0.25) is 4.79 Å². The van der Waals surface area contributed by atoms with E-state index >= 15 is 0 Å². The molecule has 1 saturated heterocycles. The van der Waals surface area contributed by atoms with Crippen molar-refractivity contribution in [3.63, 3.8) is 0 Å². The van der Waals surface area contributed by atoms with Crippen molar-refractivity contribution in [3.05, 3.63) is 0 Å². The molecule has 0 aromatic rings. The van der Waals surface area contributed by atoms with E-state index in [-0.39, 0.29) is 12.1 Å². The van der Waals surface area contributed by atoms with E-state index in [0.717, 1.165) is 19.3 Å². The number of amides is 1. The molecule has 1 heterocycles. The van der Waals surface area contributed by atoms with E-state index in [0.29, 0.717) is 0 Å². The zero-order valence-corrected chi connectivity index (χ0v) is 8.95. The van der Waals surface area contributed by atoms with Crippen LogP contribution in [0.4, 0.5) is 0 Å². The monoisotopic (exact) mass is 199 g/mol. The summed E-state index contributed by atoms with van der Waals surface area (Å²) < 4.78 is 4.44. The van der Waals surface area contributed by atoms with Crippen LogP contribution in [0.15, 0.2) is 0 Å². The minimum absolute atomic E-state index is 0.159. The molecule has 0 aromatic heterocycles. The van der Waals surface area contributed by atoms with E-state index in [9.17, 15) is 9.59 Å². The maximum absolute atomic E-state index is 11.6. The topological polar surface area (TPSA) is 46.6 Å². The Balaban J connectivity index is 2.73. The first kappa shape index (κ1) is 11.0. The van der Waals surface area contributed by atoms with Crippen LogP contribution in [0.3, 0.4) is 0 Å². The fourth-order valence-electron chi connectivity index (χ4n) is 2.03. The molecule has 4 heteroatoms. The molecule has 14 heavy (non-hydrogen) atoms. The molecule has 0 aromatic carbocycles. The lowest BCUT2D eigenvalue weighted by Gasteiger charge is -2.26. The minimum Gasteiger partial charge on any atom is -0.462 e. The van der Waals surface area contributed by atoms with Crippen LogP contribution in [0.2, 0.25) is 0 Å². The van der Waals surface area contributed by atoms with E-state index in [1.54, 1.807) is 4.90 Å². The van der Waals surface area contributed by atoms with Crippen LogP contribution >= 0.6 is 0 Å². The average molecular weight is 199 g/mol. The Bertz CT molecular complexity index is 240. The minimum atomic E-state index is -0.753. The number of nitrogens with zero attached hydrogens (tertiary/aromatic N) is 1. The van der Waals surface area contributed by atoms with Gasteiger partial charge in [-0.15, -0.1) is 0 Å². The highest BCUT2D eigenvalue weighted by atomic mass is 16.5. The number of hydrogen-bond acceptors (Lipinski definition) is 3. The molecule has 1 aliphatic rings. The molecule has 80 valence electrons. The zero-order chi connectivity index (χ0) is 10.7. The number of ether oxygens (including phenoxy) is 1. The summed E-state index contributed by atoms with van der Waals surface area (Å²) in [5, 5.41) is 0. The van der Waals surface area contributed by atoms with Gasteiger partial charge in [0.15, 0.2) is 0 Å². The third-order valence-corrected chi connectivity index (χ3v) is 2.85. The van der Waals surface area contributed by atoms with Gasteiger partial charge in [-0.1, -0.05) is 6.92 Å². The number of likely N-dealkylation sites (tertiary alicyclic amines) is 1. The Hall–Kier alpha value is -1.06. The molecular formula is C10H17NO3. The summed E-state index contributed by atoms with van der Waals surface area (Å²) in [5.41, 5.74) is 0. The first-order valence-corrected chi connectivity index (χ1v) is 5.02. The van der Waals surface area contributed by atoms with Crippen molar-refractivity contribution in [2.45, 2.75) is 45.2 Å². The SMILES string of the molecule is CCC1CCC(C)N1C(=O)C(=O)OC. The molecule has 1 aliphatic heterocycles. The van der Waals surface area contributed by atoms with Crippen LogP contribution in [0.25, 0.3) is 0 Å². The number of carbonyl (C=O) groups is 2. The zero-order valence-electron chi connectivity index (χ0n) is 8.95. The number of rotatable bonds is 1. The predicted molar refractivity (Wildman–Crippen MR) is 51.6 cm³/mol. The van der Waals surface area contributed by atoms with Crippen LogP contribution in [-0.2, 0) is 14.3 Å². The fourth-order valence-corrected chi connectivity index (χ4v) is 2.03. The van der Waals surface area contributed by atoms with E-state index < -0.39 is 11.9 Å². The van der Waals surface area contributed by atoms with E-state index in [2.05, 4.69) is 4.74 Å². The van der Waals surface area contributed by atoms with Crippen molar-refractivity contribution >= 4 is 11.9 Å². The lowest BCUT2D eigenvalue weighted by atomic mass is 10.1. The average Bonchev–Trinajstić information content (AvgIpc) is 2.57. The molecule has 4 nitrogen and oxygen atoms in total. The van der Waals surface area contributed by atoms with E-state index in [4.69, 9.17) is 0 Å². The summed E-state index contributed by atoms with van der Waals surface area (Å²) in [6.07, 6.45) is 2.86. The smallest absolute Gasteiger partial charge is 0.396 e. The van der Waals surface area contributed by atoms with Gasteiger partial charge in [-0.25, -0.2) is 4.79 Å². The van der Waals surface area contributed by atoms with Gasteiger partial charge in [0.1, 0.15) is 0 Å². The van der Waals surface area contributed by atoms with Gasteiger partial charge >= 0.3 is 11.9 Å². The largest absolute Gasteiger partial charge is 0.462 e. The molecule has 0 saturated carbocycles. The summed E-state index contributed by atoms with van der Waals surface area (Å²) in [4.78, 5) is 24.4. The van der Waals surface area contributed by atoms with Gasteiger partial charge in [0.2, 0.25) is 0 Å². The Labute approximate surface area is 84.2 Å². The molecule has 1 fully saturated rings. The Kier molecular flexibility index (Phi) is 3.49. The van der Waals surface area contributed by atoms with Crippen LogP contribution in [-0.4, -0.2) is 36.0 Å². The second-order valence-corrected chi connectivity index (χ2v) is 3.69. The van der Waals surface area contributed by atoms with Crippen molar-refractivity contribution < 1.29 is 14.3 Å². The second-order valence-electron chi connectivity index (χ2n) is 3.69. The van der Waals surface area contributed by atoms with Gasteiger partial charge in [-0.2, -0.15) is 0 Å². The van der Waals surface area contributed by atoms with Crippen molar-refractivity contribution in [1.29, 1.82) is 0 Å². The molecule has 0 aliphatic carbocycles. The predicted octanol–water partition coefficient (Wildman–Crippen LogP) is 0.949. The summed E-state index contributed by atoms with van der Waals surface area (Å²) in [6.45, 7) is 4.00. The molecule has 0 bridgehead atoms. The van der Waals surface area contributed by atoms with Crippen LogP contribution in [0, 0.1) is 0 Å². The van der Waals surface area contributed by atoms with Gasteiger partial charge in [0, 0.05) is 12.1 Å². The van der Waals surface area contributed by atoms with E-state index in [1.807, 2.05) is 13.8 Å². The first-order chi connectivity index (χ1) is 6.61. The standard InChI is InChI=1S/C10H17NO3/c1-4-8-6-5-7(2)11(8)9(12)10(13)14-3/h7-8H,4-6H2,1-3H3. The number of esters is 1. The first-order valence-electron chi connectivity index (χ1n) is 5.02. The molecule has 2 unspecified atom stereocenters. The third-order valence-electron chi connectivity index (χ3n) is 2.85. The highest BCUT2D eigenvalue weighted by molar-refractivity contribution is 6.32. The quantitative estimate of drug-likeness (QED) is 0.466. The van der Waals surface area contributed by atoms with Crippen molar-refractivity contribution in [2.75, 3.05) is 7.11 Å². The van der Waals surface area contributed by atoms with E-state index in [1.165, 1.54) is 7.11 Å². The summed E-state index contributed by atoms with van der Waals surface area (Å²) in [6, 6.07) is 0.364. The molecule has 0 spiro atoms. The molecule has 0 radical (unpaired) electrons. The van der Waals surface area contributed by atoms with Crippen molar-refractivity contribution in [3.8, 4) is 0 Å². The molecular weight excluding hydrogens is 182 g/mol. The lowest BCUT2D eigenvalue weighted by Crippen LogP contribution is -2.44. The Morgan fingerprint density at radius 1 is 1.43 bits per heavy atom. The Morgan fingerprint density at radius 3 is 2.57 bits per heavy atom. The maximum atomic E-state index is 11.6. The van der Waals surface area contributed by atoms with Gasteiger partial charge in [0.05, 0.1) is 7.11 Å². The summed E-state index contributed by atoms with van der Waals surface area (Å²) in [5.74, 6) is -1.25. The highest BCUT2D eigenvalue weighted by Gasteiger charge is 2.36. The van der Waals surface area contributed by atoms with Crippen LogP contribution in [0.5, 0.6) is 0 Å². The molecule has 1 rings (SSSR count). The normalized spacial score (nSPS) is 26.4. The maximum Gasteiger partial charge on any atom is 0.396 e. The third kappa shape index (κ3) is 1.89. The highest BCUT2D eigenvalue weighted by Crippen LogP contribution is 2.25. The van der Waals surface area contributed by atoms with Crippen LogP contribution in [0.1, 0.15) is 33.1 Å². The van der Waals surface area contributed by atoms with Crippen molar-refractivity contribution in [2.24, 2.45) is 0 Å². The number of methoxy groups -OCH3 is 1. The van der Waals surface area contributed by atoms with Crippen LogP contribution < -0.4 is 0 Å². The fraction of sp³-hybridized carbons (Fsp3) is 0.800. The molecule has 0 N–H and O–H groups in total. The molecule has 2 atom stereocenters. The second kappa shape index (κ2) is 4.44. The number of hydrogen-bond donors (Lipinski definition) is 0. The van der Waals surface area contributed by atoms with Gasteiger partial charge in [-0.05, 0) is 26.2 Å². The van der Waals surface area contributed by atoms with Gasteiger partial charge < -0.3 is 9.64 Å². The summed E-state index contributed by atoms with van der Waals surface area (Å²) >= 11 is 0. The van der Waals surface area contributed by atoms with Crippen molar-refractivity contribution in [1.82, 2.24) is 4.90 Å². The number of carbonyl (C=O) groups excluding carboxylic acids is 2. The van der Waals surface area contributed by atoms with Gasteiger partial charge in [0.25, 0.3) is 0 Å². The Morgan fingerprint density at radius 2 is 2.07 bits per heavy atom.